The lowest BCUT2D eigenvalue weighted by atomic mass is 9.68. The zero-order chi connectivity index (χ0) is 12.3. The van der Waals surface area contributed by atoms with Crippen LogP contribution < -0.4 is 5.73 Å². The molecule has 92 valence electrons. The molecule has 0 bridgehead atoms. The fraction of sp³-hybridized carbons (Fsp3) is 0.467. The maximum absolute atomic E-state index is 10.9. The van der Waals surface area contributed by atoms with Crippen molar-refractivity contribution in [2.45, 2.75) is 43.2 Å². The van der Waals surface area contributed by atoms with Gasteiger partial charge in [-0.05, 0) is 18.4 Å². The molecular formula is C15H21NO. The van der Waals surface area contributed by atoms with E-state index in [1.165, 1.54) is 5.56 Å². The highest BCUT2D eigenvalue weighted by Gasteiger charge is 2.43. The Morgan fingerprint density at radius 3 is 2.71 bits per heavy atom. The molecule has 1 aliphatic carbocycles. The maximum Gasteiger partial charge on any atom is 0.0901 e. The molecular weight excluding hydrogens is 210 g/mol. The SMILES string of the molecule is C=CC(N)C1(O)CCCCC1c1ccccc1. The minimum atomic E-state index is -0.832. The van der Waals surface area contributed by atoms with Gasteiger partial charge in [0.1, 0.15) is 0 Å². The predicted octanol–water partition coefficient (Wildman–Crippen LogP) is 2.59. The Bertz CT molecular complexity index is 376. The van der Waals surface area contributed by atoms with Gasteiger partial charge in [0.15, 0.2) is 0 Å². The Kier molecular flexibility index (Phi) is 3.65. The van der Waals surface area contributed by atoms with E-state index in [9.17, 15) is 5.11 Å². The average molecular weight is 231 g/mol. The molecule has 0 radical (unpaired) electrons. The van der Waals surface area contributed by atoms with Gasteiger partial charge in [-0.2, -0.15) is 0 Å². The largest absolute Gasteiger partial charge is 0.387 e. The zero-order valence-corrected chi connectivity index (χ0v) is 10.2. The quantitative estimate of drug-likeness (QED) is 0.785. The highest BCUT2D eigenvalue weighted by atomic mass is 16.3. The van der Waals surface area contributed by atoms with Crippen molar-refractivity contribution in [3.63, 3.8) is 0 Å². The molecule has 0 heterocycles. The highest BCUT2D eigenvalue weighted by Crippen LogP contribution is 2.42. The van der Waals surface area contributed by atoms with Crippen molar-refractivity contribution in [2.24, 2.45) is 5.73 Å². The summed E-state index contributed by atoms with van der Waals surface area (Å²) in [6, 6.07) is 9.84. The third-order valence-corrected chi connectivity index (χ3v) is 3.96. The van der Waals surface area contributed by atoms with Crippen molar-refractivity contribution < 1.29 is 5.11 Å². The second-order valence-electron chi connectivity index (χ2n) is 4.96. The van der Waals surface area contributed by atoms with Crippen LogP contribution in [0.15, 0.2) is 43.0 Å². The van der Waals surface area contributed by atoms with Crippen LogP contribution in [-0.4, -0.2) is 16.7 Å². The molecule has 0 saturated heterocycles. The summed E-state index contributed by atoms with van der Waals surface area (Å²) >= 11 is 0. The van der Waals surface area contributed by atoms with Crippen LogP contribution in [0, 0.1) is 0 Å². The van der Waals surface area contributed by atoms with Gasteiger partial charge >= 0.3 is 0 Å². The molecule has 2 rings (SSSR count). The molecule has 1 aliphatic rings. The molecule has 0 aliphatic heterocycles. The summed E-state index contributed by atoms with van der Waals surface area (Å²) in [5.74, 6) is 0.130. The van der Waals surface area contributed by atoms with Crippen molar-refractivity contribution >= 4 is 0 Å². The van der Waals surface area contributed by atoms with Gasteiger partial charge in [-0.25, -0.2) is 0 Å². The summed E-state index contributed by atoms with van der Waals surface area (Å²) in [5.41, 5.74) is 6.40. The fourth-order valence-electron chi connectivity index (χ4n) is 2.92. The Morgan fingerprint density at radius 1 is 1.35 bits per heavy atom. The van der Waals surface area contributed by atoms with E-state index in [2.05, 4.69) is 18.7 Å². The van der Waals surface area contributed by atoms with Crippen LogP contribution in [0.3, 0.4) is 0 Å². The third-order valence-electron chi connectivity index (χ3n) is 3.96. The monoisotopic (exact) mass is 231 g/mol. The van der Waals surface area contributed by atoms with Crippen molar-refractivity contribution in [1.82, 2.24) is 0 Å². The van der Waals surface area contributed by atoms with Crippen LogP contribution in [0.25, 0.3) is 0 Å². The van der Waals surface area contributed by atoms with E-state index in [4.69, 9.17) is 5.73 Å². The van der Waals surface area contributed by atoms with Crippen LogP contribution in [-0.2, 0) is 0 Å². The van der Waals surface area contributed by atoms with Crippen LogP contribution in [0.5, 0.6) is 0 Å². The van der Waals surface area contributed by atoms with E-state index < -0.39 is 5.60 Å². The van der Waals surface area contributed by atoms with E-state index in [1.807, 2.05) is 18.2 Å². The lowest BCUT2D eigenvalue weighted by Crippen LogP contribution is -2.52. The first-order valence-electron chi connectivity index (χ1n) is 6.34. The molecule has 3 atom stereocenters. The Morgan fingerprint density at radius 2 is 2.06 bits per heavy atom. The van der Waals surface area contributed by atoms with Gasteiger partial charge in [-0.3, -0.25) is 0 Å². The summed E-state index contributed by atoms with van der Waals surface area (Å²) < 4.78 is 0. The first-order chi connectivity index (χ1) is 8.18. The number of hydrogen-bond donors (Lipinski definition) is 2. The van der Waals surface area contributed by atoms with Crippen molar-refractivity contribution in [3.05, 3.63) is 48.6 Å². The lowest BCUT2D eigenvalue weighted by Gasteiger charge is -2.43. The van der Waals surface area contributed by atoms with Crippen molar-refractivity contribution in [2.75, 3.05) is 0 Å². The average Bonchev–Trinajstić information content (AvgIpc) is 2.39. The van der Waals surface area contributed by atoms with Gasteiger partial charge in [0.25, 0.3) is 0 Å². The van der Waals surface area contributed by atoms with E-state index in [1.54, 1.807) is 6.08 Å². The van der Waals surface area contributed by atoms with Crippen LogP contribution in [0.4, 0.5) is 0 Å². The van der Waals surface area contributed by atoms with Gasteiger partial charge in [0.2, 0.25) is 0 Å². The second-order valence-corrected chi connectivity index (χ2v) is 4.96. The summed E-state index contributed by atoms with van der Waals surface area (Å²) in [6.07, 6.45) is 5.64. The van der Waals surface area contributed by atoms with Crippen LogP contribution in [0.1, 0.15) is 37.2 Å². The zero-order valence-electron chi connectivity index (χ0n) is 10.2. The fourth-order valence-corrected chi connectivity index (χ4v) is 2.92. The minimum Gasteiger partial charge on any atom is -0.387 e. The summed E-state index contributed by atoms with van der Waals surface area (Å²) in [4.78, 5) is 0. The molecule has 1 fully saturated rings. The summed E-state index contributed by atoms with van der Waals surface area (Å²) in [6.45, 7) is 3.72. The van der Waals surface area contributed by atoms with Gasteiger partial charge in [0.05, 0.1) is 11.6 Å². The van der Waals surface area contributed by atoms with E-state index in [0.717, 1.165) is 25.7 Å². The number of hydrogen-bond acceptors (Lipinski definition) is 2. The van der Waals surface area contributed by atoms with E-state index in [-0.39, 0.29) is 12.0 Å². The standard InChI is InChI=1S/C15H21NO/c1-2-14(16)15(17)11-7-6-10-13(15)12-8-4-3-5-9-12/h2-5,8-9,13-14,17H,1,6-7,10-11,16H2. The first kappa shape index (κ1) is 12.3. The van der Waals surface area contributed by atoms with Gasteiger partial charge < -0.3 is 10.8 Å². The third kappa shape index (κ3) is 2.28. The lowest BCUT2D eigenvalue weighted by molar-refractivity contribution is -0.0273. The maximum atomic E-state index is 10.9. The molecule has 3 N–H and O–H groups in total. The number of rotatable bonds is 3. The second kappa shape index (κ2) is 5.03. The molecule has 0 amide bonds. The van der Waals surface area contributed by atoms with Gasteiger partial charge in [0, 0.05) is 5.92 Å². The van der Waals surface area contributed by atoms with Crippen molar-refractivity contribution in [3.8, 4) is 0 Å². The summed E-state index contributed by atoms with van der Waals surface area (Å²) in [7, 11) is 0. The number of benzene rings is 1. The highest BCUT2D eigenvalue weighted by molar-refractivity contribution is 5.26. The molecule has 1 aromatic rings. The predicted molar refractivity (Wildman–Crippen MR) is 70.8 cm³/mol. The van der Waals surface area contributed by atoms with Crippen molar-refractivity contribution in [1.29, 1.82) is 0 Å². The molecule has 0 aromatic heterocycles. The Balaban J connectivity index is 2.32. The Labute approximate surface area is 103 Å². The van der Waals surface area contributed by atoms with Crippen LogP contribution in [0.2, 0.25) is 0 Å². The topological polar surface area (TPSA) is 46.2 Å². The van der Waals surface area contributed by atoms with Gasteiger partial charge in [-0.15, -0.1) is 6.58 Å². The number of nitrogens with two attached hydrogens (primary N) is 1. The molecule has 1 aromatic carbocycles. The number of aliphatic hydroxyl groups is 1. The molecule has 17 heavy (non-hydrogen) atoms. The van der Waals surface area contributed by atoms with E-state index >= 15 is 0 Å². The molecule has 0 spiro atoms. The minimum absolute atomic E-state index is 0.130. The summed E-state index contributed by atoms with van der Waals surface area (Å²) in [5, 5.41) is 10.9. The van der Waals surface area contributed by atoms with Gasteiger partial charge in [-0.1, -0.05) is 49.2 Å². The smallest absolute Gasteiger partial charge is 0.0901 e. The van der Waals surface area contributed by atoms with E-state index in [0.29, 0.717) is 0 Å². The Hall–Kier alpha value is -1.12. The normalized spacial score (nSPS) is 30.8. The first-order valence-corrected chi connectivity index (χ1v) is 6.34. The molecule has 2 heteroatoms. The molecule has 2 nitrogen and oxygen atoms in total. The molecule has 1 saturated carbocycles. The van der Waals surface area contributed by atoms with Crippen LogP contribution >= 0.6 is 0 Å². The molecule has 3 unspecified atom stereocenters.